The molecule has 0 bridgehead atoms. The molecule has 1 rings (SSSR count). The van der Waals surface area contributed by atoms with Crippen molar-refractivity contribution in [3.63, 3.8) is 0 Å². The molecule has 0 aromatic heterocycles. The summed E-state index contributed by atoms with van der Waals surface area (Å²) < 4.78 is 0. The van der Waals surface area contributed by atoms with Gasteiger partial charge < -0.3 is 10.2 Å². The number of hydrogen-bond donors (Lipinski definition) is 1. The van der Waals surface area contributed by atoms with Gasteiger partial charge in [0.25, 0.3) is 0 Å². The van der Waals surface area contributed by atoms with E-state index in [-0.39, 0.29) is 0 Å². The molecule has 0 aromatic rings. The number of hydrogen-bond acceptors (Lipinski definition) is 2. The first-order chi connectivity index (χ1) is 9.27. The molecule has 0 radical (unpaired) electrons. The van der Waals surface area contributed by atoms with Crippen LogP contribution < -0.4 is 5.32 Å². The molecule has 1 atom stereocenters. The number of nitrogens with zero attached hydrogens (tertiary/aromatic N) is 1. The van der Waals surface area contributed by atoms with Crippen molar-refractivity contribution in [2.45, 2.75) is 65.2 Å². The van der Waals surface area contributed by atoms with Crippen LogP contribution in [0.15, 0.2) is 0 Å². The van der Waals surface area contributed by atoms with E-state index in [9.17, 15) is 4.79 Å². The molecule has 1 fully saturated rings. The molecule has 0 aliphatic carbocycles. The summed E-state index contributed by atoms with van der Waals surface area (Å²) in [4.78, 5) is 14.3. The van der Waals surface area contributed by atoms with Crippen LogP contribution in [0.4, 0.5) is 0 Å². The van der Waals surface area contributed by atoms with Gasteiger partial charge in [-0.15, -0.1) is 0 Å². The molecule has 19 heavy (non-hydrogen) atoms. The summed E-state index contributed by atoms with van der Waals surface area (Å²) in [6, 6.07) is 0. The lowest BCUT2D eigenvalue weighted by molar-refractivity contribution is -0.131. The van der Waals surface area contributed by atoms with Crippen LogP contribution in [-0.4, -0.2) is 37.0 Å². The first-order valence-electron chi connectivity index (χ1n) is 8.26. The van der Waals surface area contributed by atoms with Crippen molar-refractivity contribution >= 4 is 5.91 Å². The van der Waals surface area contributed by atoms with E-state index in [1.54, 1.807) is 0 Å². The maximum atomic E-state index is 12.2. The van der Waals surface area contributed by atoms with Gasteiger partial charge in [-0.2, -0.15) is 0 Å². The summed E-state index contributed by atoms with van der Waals surface area (Å²) in [7, 11) is 0. The van der Waals surface area contributed by atoms with Crippen LogP contribution in [0.5, 0.6) is 0 Å². The van der Waals surface area contributed by atoms with E-state index in [2.05, 4.69) is 24.1 Å². The van der Waals surface area contributed by atoms with Crippen LogP contribution in [0.25, 0.3) is 0 Å². The molecule has 3 heteroatoms. The van der Waals surface area contributed by atoms with E-state index in [4.69, 9.17) is 0 Å². The summed E-state index contributed by atoms with van der Waals surface area (Å²) >= 11 is 0. The summed E-state index contributed by atoms with van der Waals surface area (Å²) in [6.45, 7) is 8.38. The number of piperidine rings is 1. The van der Waals surface area contributed by atoms with E-state index < -0.39 is 0 Å². The normalized spacial score (nSPS) is 19.4. The van der Waals surface area contributed by atoms with Gasteiger partial charge in [0.05, 0.1) is 0 Å². The van der Waals surface area contributed by atoms with E-state index in [1.807, 2.05) is 0 Å². The molecule has 1 aliphatic rings. The molecule has 1 aliphatic heterocycles. The van der Waals surface area contributed by atoms with Gasteiger partial charge in [-0.3, -0.25) is 4.79 Å². The molecule has 0 saturated carbocycles. The van der Waals surface area contributed by atoms with Crippen molar-refractivity contribution in [1.29, 1.82) is 0 Å². The highest BCUT2D eigenvalue weighted by atomic mass is 16.2. The van der Waals surface area contributed by atoms with Gasteiger partial charge >= 0.3 is 0 Å². The van der Waals surface area contributed by atoms with Gasteiger partial charge in [0.2, 0.25) is 5.91 Å². The van der Waals surface area contributed by atoms with Gasteiger partial charge in [0.15, 0.2) is 0 Å². The molecule has 1 heterocycles. The highest BCUT2D eigenvalue weighted by Crippen LogP contribution is 2.13. The molecule has 112 valence electrons. The molecule has 1 amide bonds. The summed E-state index contributed by atoms with van der Waals surface area (Å²) in [5, 5.41) is 3.43. The fraction of sp³-hybridized carbons (Fsp3) is 0.938. The zero-order valence-corrected chi connectivity index (χ0v) is 12.9. The van der Waals surface area contributed by atoms with Crippen molar-refractivity contribution in [3.05, 3.63) is 0 Å². The zero-order valence-electron chi connectivity index (χ0n) is 12.9. The molecule has 0 aromatic carbocycles. The minimum absolute atomic E-state index is 0.365. The molecule has 1 saturated heterocycles. The van der Waals surface area contributed by atoms with Crippen molar-refractivity contribution in [2.24, 2.45) is 5.92 Å². The average molecular weight is 268 g/mol. The maximum Gasteiger partial charge on any atom is 0.222 e. The van der Waals surface area contributed by atoms with Crippen LogP contribution in [0.1, 0.15) is 65.2 Å². The number of rotatable bonds is 9. The van der Waals surface area contributed by atoms with Crippen LogP contribution in [0.2, 0.25) is 0 Å². The van der Waals surface area contributed by atoms with Crippen molar-refractivity contribution in [2.75, 3.05) is 26.2 Å². The molecule has 0 spiro atoms. The Kier molecular flexibility index (Phi) is 8.89. The second-order valence-electron chi connectivity index (χ2n) is 5.81. The topological polar surface area (TPSA) is 32.3 Å². The van der Waals surface area contributed by atoms with E-state index in [1.165, 1.54) is 38.5 Å². The Bertz CT molecular complexity index is 237. The van der Waals surface area contributed by atoms with Crippen molar-refractivity contribution in [1.82, 2.24) is 10.2 Å². The van der Waals surface area contributed by atoms with E-state index in [0.717, 1.165) is 39.0 Å². The lowest BCUT2D eigenvalue weighted by Crippen LogP contribution is -2.40. The SMILES string of the molecule is CCCCCCCC(=O)N(CC)CC1CCCNC1. The minimum atomic E-state index is 0.365. The Morgan fingerprint density at radius 2 is 2.00 bits per heavy atom. The Morgan fingerprint density at radius 3 is 2.63 bits per heavy atom. The first kappa shape index (κ1) is 16.5. The van der Waals surface area contributed by atoms with Gasteiger partial charge in [0.1, 0.15) is 0 Å². The standard InChI is InChI=1S/C16H32N2O/c1-3-5-6-7-8-11-16(19)18(4-2)14-15-10-9-12-17-13-15/h15,17H,3-14H2,1-2H3. The number of unbranched alkanes of at least 4 members (excludes halogenated alkanes) is 4. The van der Waals surface area contributed by atoms with Gasteiger partial charge in [-0.05, 0) is 45.2 Å². The lowest BCUT2D eigenvalue weighted by Gasteiger charge is -2.29. The largest absolute Gasteiger partial charge is 0.343 e. The summed E-state index contributed by atoms with van der Waals surface area (Å²) in [5.41, 5.74) is 0. The van der Waals surface area contributed by atoms with E-state index in [0.29, 0.717) is 11.8 Å². The third-order valence-electron chi connectivity index (χ3n) is 4.11. The van der Waals surface area contributed by atoms with Gasteiger partial charge in [0, 0.05) is 19.5 Å². The highest BCUT2D eigenvalue weighted by Gasteiger charge is 2.19. The van der Waals surface area contributed by atoms with Gasteiger partial charge in [-0.25, -0.2) is 0 Å². The molecule has 1 N–H and O–H groups in total. The van der Waals surface area contributed by atoms with Crippen molar-refractivity contribution in [3.8, 4) is 0 Å². The lowest BCUT2D eigenvalue weighted by atomic mass is 9.99. The van der Waals surface area contributed by atoms with E-state index >= 15 is 0 Å². The van der Waals surface area contributed by atoms with Crippen LogP contribution in [-0.2, 0) is 4.79 Å². The fourth-order valence-electron chi connectivity index (χ4n) is 2.84. The van der Waals surface area contributed by atoms with Crippen LogP contribution in [0, 0.1) is 5.92 Å². The number of carbonyl (C=O) groups excluding carboxylic acids is 1. The predicted octanol–water partition coefficient (Wildman–Crippen LogP) is 3.20. The van der Waals surface area contributed by atoms with Gasteiger partial charge in [-0.1, -0.05) is 32.6 Å². The molecule has 1 unspecified atom stereocenters. The van der Waals surface area contributed by atoms with Crippen LogP contribution in [0.3, 0.4) is 0 Å². The second-order valence-corrected chi connectivity index (χ2v) is 5.81. The van der Waals surface area contributed by atoms with Crippen LogP contribution >= 0.6 is 0 Å². The third kappa shape index (κ3) is 6.95. The Balaban J connectivity index is 2.18. The average Bonchev–Trinajstić information content (AvgIpc) is 2.45. The quantitative estimate of drug-likeness (QED) is 0.651. The fourth-order valence-corrected chi connectivity index (χ4v) is 2.84. The summed E-state index contributed by atoms with van der Waals surface area (Å²) in [5.74, 6) is 1.03. The Hall–Kier alpha value is -0.570. The highest BCUT2D eigenvalue weighted by molar-refractivity contribution is 5.76. The Morgan fingerprint density at radius 1 is 1.21 bits per heavy atom. The zero-order chi connectivity index (χ0) is 13.9. The molecular weight excluding hydrogens is 236 g/mol. The maximum absolute atomic E-state index is 12.2. The second kappa shape index (κ2) is 10.2. The van der Waals surface area contributed by atoms with Crippen molar-refractivity contribution < 1.29 is 4.79 Å². The Labute approximate surface area is 119 Å². The molecular formula is C16H32N2O. The predicted molar refractivity (Wildman–Crippen MR) is 81.2 cm³/mol. The number of carbonyl (C=O) groups is 1. The smallest absolute Gasteiger partial charge is 0.222 e. The summed E-state index contributed by atoms with van der Waals surface area (Å²) in [6.07, 6.45) is 9.41. The monoisotopic (exact) mass is 268 g/mol. The first-order valence-corrected chi connectivity index (χ1v) is 8.26. The number of nitrogens with one attached hydrogen (secondary N) is 1. The minimum Gasteiger partial charge on any atom is -0.343 e. The number of amides is 1. The molecule has 3 nitrogen and oxygen atoms in total. The third-order valence-corrected chi connectivity index (χ3v) is 4.11.